The van der Waals surface area contributed by atoms with Gasteiger partial charge in [0.1, 0.15) is 0 Å². The van der Waals surface area contributed by atoms with E-state index in [1.165, 1.54) is 6.92 Å². The molecule has 0 aromatic rings. The van der Waals surface area contributed by atoms with Gasteiger partial charge in [-0.1, -0.05) is 6.58 Å². The van der Waals surface area contributed by atoms with Crippen LogP contribution in [0.4, 0.5) is 0 Å². The minimum absolute atomic E-state index is 0.130. The van der Waals surface area contributed by atoms with Crippen LogP contribution < -0.4 is 0 Å². The third-order valence-corrected chi connectivity index (χ3v) is 1.01. The summed E-state index contributed by atoms with van der Waals surface area (Å²) in [6.07, 6.45) is 0. The normalized spacial score (nSPS) is 16.9. The van der Waals surface area contributed by atoms with Gasteiger partial charge in [-0.15, -0.1) is 0 Å². The van der Waals surface area contributed by atoms with Gasteiger partial charge in [0.2, 0.25) is 0 Å². The first-order chi connectivity index (χ1) is 3.42. The molecule has 1 atom stereocenters. The van der Waals surface area contributed by atoms with E-state index in [0.717, 1.165) is 0 Å². The summed E-state index contributed by atoms with van der Waals surface area (Å²) in [5.41, 5.74) is 0. The number of allylic oxidation sites excluding steroid dienone is 1. The molecule has 5 heteroatoms. The number of rotatable bonds is 2. The van der Waals surface area contributed by atoms with Crippen LogP contribution in [0, 0.1) is 0 Å². The fourth-order valence-electron chi connectivity index (χ4n) is 0.192. The van der Waals surface area contributed by atoms with E-state index >= 15 is 0 Å². The average molecular weight is 157 g/mol. The molecule has 3 nitrogen and oxygen atoms in total. The van der Waals surface area contributed by atoms with Crippen molar-refractivity contribution in [2.75, 3.05) is 0 Å². The van der Waals surface area contributed by atoms with E-state index in [1.54, 1.807) is 0 Å². The minimum Gasteiger partial charge on any atom is -0.419 e. The molecule has 0 saturated carbocycles. The smallest absolute Gasteiger partial charge is 0.419 e. The maximum atomic E-state index is 10.1. The van der Waals surface area contributed by atoms with Gasteiger partial charge in [0.15, 0.2) is 0 Å². The summed E-state index contributed by atoms with van der Waals surface area (Å²) in [5.74, 6) is 0.130. The minimum atomic E-state index is -3.85. The van der Waals surface area contributed by atoms with Crippen LogP contribution in [0.3, 0.4) is 0 Å². The van der Waals surface area contributed by atoms with Crippen LogP contribution in [-0.4, -0.2) is 4.89 Å². The Morgan fingerprint density at radius 3 is 2.38 bits per heavy atom. The third-order valence-electron chi connectivity index (χ3n) is 0.268. The van der Waals surface area contributed by atoms with Crippen molar-refractivity contribution in [2.45, 2.75) is 6.92 Å². The molecule has 0 aliphatic carbocycles. The van der Waals surface area contributed by atoms with Gasteiger partial charge < -0.3 is 9.42 Å². The Kier molecular flexibility index (Phi) is 2.54. The molecule has 1 unspecified atom stereocenters. The SMILES string of the molecule is C=C(C)OP(=O)(O)Cl. The van der Waals surface area contributed by atoms with Crippen LogP contribution in [0.1, 0.15) is 6.92 Å². The molecule has 0 spiro atoms. The maximum Gasteiger partial charge on any atom is 0.473 e. The highest BCUT2D eigenvalue weighted by Crippen LogP contribution is 2.49. The van der Waals surface area contributed by atoms with Crippen molar-refractivity contribution in [1.82, 2.24) is 0 Å². The summed E-state index contributed by atoms with van der Waals surface area (Å²) < 4.78 is 14.2. The summed E-state index contributed by atoms with van der Waals surface area (Å²) in [6, 6.07) is 0. The van der Waals surface area contributed by atoms with Gasteiger partial charge in [-0.3, -0.25) is 0 Å². The predicted octanol–water partition coefficient (Wildman–Crippen LogP) is 1.88. The first kappa shape index (κ1) is 8.02. The fraction of sp³-hybridized carbons (Fsp3) is 0.333. The lowest BCUT2D eigenvalue weighted by Gasteiger charge is -2.02. The van der Waals surface area contributed by atoms with Crippen LogP contribution >= 0.6 is 18.2 Å². The molecular weight excluding hydrogens is 150 g/mol. The van der Waals surface area contributed by atoms with Crippen LogP contribution in [0.15, 0.2) is 12.3 Å². The zero-order valence-corrected chi connectivity index (χ0v) is 5.95. The molecule has 0 aliphatic heterocycles. The topological polar surface area (TPSA) is 46.5 Å². The number of hydrogen-bond acceptors (Lipinski definition) is 2. The quantitative estimate of drug-likeness (QED) is 0.491. The molecule has 1 N–H and O–H groups in total. The summed E-state index contributed by atoms with van der Waals surface area (Å²) in [6.45, 7) is 0.788. The largest absolute Gasteiger partial charge is 0.473 e. The van der Waals surface area contributed by atoms with Gasteiger partial charge in [-0.05, 0) is 6.92 Å². The van der Waals surface area contributed by atoms with Crippen LogP contribution in [-0.2, 0) is 9.09 Å². The molecule has 0 aromatic heterocycles. The van der Waals surface area contributed by atoms with Crippen molar-refractivity contribution in [1.29, 1.82) is 0 Å². The molecule has 8 heavy (non-hydrogen) atoms. The lowest BCUT2D eigenvalue weighted by molar-refractivity contribution is 0.345. The second-order valence-electron chi connectivity index (χ2n) is 1.24. The zero-order chi connectivity index (χ0) is 6.78. The molecule has 0 fully saturated rings. The molecule has 0 radical (unpaired) electrons. The maximum absolute atomic E-state index is 10.1. The van der Waals surface area contributed by atoms with E-state index in [4.69, 9.17) is 16.1 Å². The summed E-state index contributed by atoms with van der Waals surface area (Å²) in [7, 11) is 0. The molecular formula is C3H6ClO3P. The molecule has 0 rings (SSSR count). The van der Waals surface area contributed by atoms with Crippen molar-refractivity contribution in [3.05, 3.63) is 12.3 Å². The standard InChI is InChI=1S/C3H6ClO3P/c1-3(2)7-8(4,5)6/h1H2,2H3,(H,5,6). The Morgan fingerprint density at radius 2 is 2.38 bits per heavy atom. The van der Waals surface area contributed by atoms with Crippen molar-refractivity contribution < 1.29 is 14.0 Å². The van der Waals surface area contributed by atoms with Crippen molar-refractivity contribution >= 4 is 18.2 Å². The fourth-order valence-corrected chi connectivity index (χ4v) is 0.930. The highest BCUT2D eigenvalue weighted by molar-refractivity contribution is 7.80. The molecule has 0 aliphatic rings. The van der Waals surface area contributed by atoms with Gasteiger partial charge in [-0.2, -0.15) is 0 Å². The first-order valence-corrected chi connectivity index (χ1v) is 4.27. The zero-order valence-electron chi connectivity index (χ0n) is 4.30. The highest BCUT2D eigenvalue weighted by atomic mass is 35.7. The molecule has 0 bridgehead atoms. The molecule has 0 amide bonds. The van der Waals surface area contributed by atoms with Gasteiger partial charge in [0.05, 0.1) is 5.76 Å². The van der Waals surface area contributed by atoms with E-state index in [2.05, 4.69) is 11.1 Å². The average Bonchev–Trinajstić information content (AvgIpc) is 1.21. The second kappa shape index (κ2) is 2.53. The van der Waals surface area contributed by atoms with Crippen LogP contribution in [0.2, 0.25) is 0 Å². The Bertz CT molecular complexity index is 137. The number of hydrogen-bond donors (Lipinski definition) is 1. The van der Waals surface area contributed by atoms with E-state index in [0.29, 0.717) is 0 Å². The Balaban J connectivity index is 3.74. The predicted molar refractivity (Wildman–Crippen MR) is 31.6 cm³/mol. The van der Waals surface area contributed by atoms with Gasteiger partial charge in [0.25, 0.3) is 0 Å². The van der Waals surface area contributed by atoms with Crippen molar-refractivity contribution in [3.8, 4) is 0 Å². The Labute approximate surface area is 52.2 Å². The third kappa shape index (κ3) is 6.02. The Hall–Kier alpha value is 0.0200. The lowest BCUT2D eigenvalue weighted by atomic mass is 10.7. The Morgan fingerprint density at radius 1 is 2.00 bits per heavy atom. The highest BCUT2D eigenvalue weighted by Gasteiger charge is 2.13. The summed E-state index contributed by atoms with van der Waals surface area (Å²) in [5, 5.41) is 0. The van der Waals surface area contributed by atoms with Crippen molar-refractivity contribution in [2.24, 2.45) is 0 Å². The van der Waals surface area contributed by atoms with Crippen molar-refractivity contribution in [3.63, 3.8) is 0 Å². The number of halogens is 1. The van der Waals surface area contributed by atoms with Crippen LogP contribution in [0.25, 0.3) is 0 Å². The second-order valence-corrected chi connectivity index (χ2v) is 3.61. The molecule has 0 aromatic carbocycles. The monoisotopic (exact) mass is 156 g/mol. The first-order valence-electron chi connectivity index (χ1n) is 1.79. The lowest BCUT2D eigenvalue weighted by Crippen LogP contribution is -1.76. The van der Waals surface area contributed by atoms with E-state index in [-0.39, 0.29) is 5.76 Å². The van der Waals surface area contributed by atoms with E-state index < -0.39 is 6.95 Å². The molecule has 0 heterocycles. The summed E-state index contributed by atoms with van der Waals surface area (Å²) >= 11 is 4.76. The molecule has 48 valence electrons. The van der Waals surface area contributed by atoms with E-state index in [9.17, 15) is 4.57 Å². The summed E-state index contributed by atoms with van der Waals surface area (Å²) in [4.78, 5) is 8.23. The van der Waals surface area contributed by atoms with E-state index in [1.807, 2.05) is 0 Å². The van der Waals surface area contributed by atoms with Gasteiger partial charge >= 0.3 is 6.95 Å². The molecule has 0 saturated heterocycles. The van der Waals surface area contributed by atoms with Crippen LogP contribution in [0.5, 0.6) is 0 Å². The van der Waals surface area contributed by atoms with Gasteiger partial charge in [0, 0.05) is 11.2 Å². The van der Waals surface area contributed by atoms with Gasteiger partial charge in [-0.25, -0.2) is 4.57 Å².